The molecular formula is C21H18N4O. The Morgan fingerprint density at radius 1 is 1.04 bits per heavy atom. The summed E-state index contributed by atoms with van der Waals surface area (Å²) >= 11 is 0. The first-order chi connectivity index (χ1) is 12.7. The molecule has 2 heterocycles. The normalized spacial score (nSPS) is 10.8. The van der Waals surface area contributed by atoms with Gasteiger partial charge >= 0.3 is 0 Å². The van der Waals surface area contributed by atoms with E-state index in [0.717, 1.165) is 27.8 Å². The number of amides is 1. The summed E-state index contributed by atoms with van der Waals surface area (Å²) in [5, 5.41) is 8.16. The van der Waals surface area contributed by atoms with E-state index in [1.807, 2.05) is 60.1 Å². The first kappa shape index (κ1) is 16.0. The third kappa shape index (κ3) is 3.32. The highest BCUT2D eigenvalue weighted by molar-refractivity contribution is 6.05. The van der Waals surface area contributed by atoms with Crippen molar-refractivity contribution in [2.24, 2.45) is 0 Å². The Kier molecular flexibility index (Phi) is 4.19. The molecule has 0 aliphatic rings. The van der Waals surface area contributed by atoms with Crippen LogP contribution in [-0.4, -0.2) is 20.7 Å². The fourth-order valence-corrected chi connectivity index (χ4v) is 2.89. The van der Waals surface area contributed by atoms with E-state index >= 15 is 0 Å². The molecule has 0 radical (unpaired) electrons. The summed E-state index contributed by atoms with van der Waals surface area (Å²) in [7, 11) is 0. The number of carbonyl (C=O) groups excluding carboxylic acids is 1. The molecule has 0 spiro atoms. The van der Waals surface area contributed by atoms with Gasteiger partial charge in [0.05, 0.1) is 18.3 Å². The molecule has 1 amide bonds. The average molecular weight is 342 g/mol. The highest BCUT2D eigenvalue weighted by atomic mass is 16.1. The topological polar surface area (TPSA) is 59.8 Å². The van der Waals surface area contributed by atoms with Gasteiger partial charge in [-0.2, -0.15) is 5.10 Å². The number of nitrogens with one attached hydrogen (secondary N) is 1. The van der Waals surface area contributed by atoms with Crippen molar-refractivity contribution in [3.63, 3.8) is 0 Å². The number of fused-ring (bicyclic) bond motifs is 1. The van der Waals surface area contributed by atoms with Gasteiger partial charge in [0.2, 0.25) is 0 Å². The van der Waals surface area contributed by atoms with Gasteiger partial charge in [0.25, 0.3) is 5.91 Å². The molecule has 0 aliphatic carbocycles. The number of aromatic nitrogens is 3. The van der Waals surface area contributed by atoms with Gasteiger partial charge in [-0.15, -0.1) is 0 Å². The van der Waals surface area contributed by atoms with Crippen LogP contribution in [0.4, 0.5) is 5.69 Å². The molecule has 0 bridgehead atoms. The lowest BCUT2D eigenvalue weighted by atomic mass is 10.2. The minimum absolute atomic E-state index is 0.180. The van der Waals surface area contributed by atoms with Crippen LogP contribution in [0.1, 0.15) is 21.5 Å². The quantitative estimate of drug-likeness (QED) is 0.609. The van der Waals surface area contributed by atoms with Crippen molar-refractivity contribution in [2.45, 2.75) is 13.5 Å². The van der Waals surface area contributed by atoms with Crippen LogP contribution in [0.15, 0.2) is 73.1 Å². The molecule has 0 fully saturated rings. The van der Waals surface area contributed by atoms with Crippen molar-refractivity contribution >= 4 is 22.6 Å². The molecule has 2 aromatic heterocycles. The molecule has 0 unspecified atom stereocenters. The molecule has 5 heteroatoms. The highest BCUT2D eigenvalue weighted by Crippen LogP contribution is 2.16. The number of hydrogen-bond donors (Lipinski definition) is 1. The van der Waals surface area contributed by atoms with Crippen LogP contribution in [-0.2, 0) is 6.54 Å². The second-order valence-electron chi connectivity index (χ2n) is 6.25. The molecule has 5 nitrogen and oxygen atoms in total. The lowest BCUT2D eigenvalue weighted by Gasteiger charge is -2.06. The zero-order valence-electron chi connectivity index (χ0n) is 14.4. The predicted octanol–water partition coefficient (Wildman–Crippen LogP) is 4.04. The van der Waals surface area contributed by atoms with E-state index in [1.54, 1.807) is 12.4 Å². The first-order valence-corrected chi connectivity index (χ1v) is 8.42. The third-order valence-electron chi connectivity index (χ3n) is 4.19. The number of aryl methyl sites for hydroxylation is 1. The van der Waals surface area contributed by atoms with Gasteiger partial charge in [-0.25, -0.2) is 9.67 Å². The Hall–Kier alpha value is -3.47. The minimum Gasteiger partial charge on any atom is -0.322 e. The number of carbonyl (C=O) groups is 1. The van der Waals surface area contributed by atoms with Crippen LogP contribution in [0, 0.1) is 6.92 Å². The summed E-state index contributed by atoms with van der Waals surface area (Å²) in [5.74, 6) is -0.180. The maximum atomic E-state index is 12.5. The van der Waals surface area contributed by atoms with E-state index < -0.39 is 0 Å². The number of anilines is 1. The number of benzene rings is 2. The number of pyridine rings is 1. The van der Waals surface area contributed by atoms with Gasteiger partial charge in [0.1, 0.15) is 0 Å². The van der Waals surface area contributed by atoms with Crippen molar-refractivity contribution in [2.75, 3.05) is 5.32 Å². The van der Waals surface area contributed by atoms with Gasteiger partial charge < -0.3 is 5.32 Å². The van der Waals surface area contributed by atoms with Gasteiger partial charge in [-0.3, -0.25) is 4.79 Å². The fraction of sp³-hybridized carbons (Fsp3) is 0.0952. The highest BCUT2D eigenvalue weighted by Gasteiger charge is 2.11. The smallest absolute Gasteiger partial charge is 0.257 e. The van der Waals surface area contributed by atoms with Crippen molar-refractivity contribution in [1.29, 1.82) is 0 Å². The largest absolute Gasteiger partial charge is 0.322 e. The van der Waals surface area contributed by atoms with Crippen molar-refractivity contribution in [1.82, 2.24) is 14.8 Å². The van der Waals surface area contributed by atoms with Gasteiger partial charge in [-0.1, -0.05) is 42.5 Å². The van der Waals surface area contributed by atoms with E-state index in [1.165, 1.54) is 0 Å². The fourth-order valence-electron chi connectivity index (χ4n) is 2.89. The minimum atomic E-state index is -0.180. The number of rotatable bonds is 4. The Morgan fingerprint density at radius 2 is 1.88 bits per heavy atom. The maximum absolute atomic E-state index is 12.5. The zero-order valence-corrected chi connectivity index (χ0v) is 14.4. The SMILES string of the molecule is Cc1cccc(NC(=O)c2cnc3c(cnn3Cc3ccccc3)c2)c1. The van der Waals surface area contributed by atoms with Crippen molar-refractivity contribution in [3.05, 3.63) is 89.7 Å². The average Bonchev–Trinajstić information content (AvgIpc) is 3.05. The molecule has 4 rings (SSSR count). The molecule has 2 aromatic carbocycles. The number of nitrogens with zero attached hydrogens (tertiary/aromatic N) is 3. The van der Waals surface area contributed by atoms with Crippen molar-refractivity contribution in [3.8, 4) is 0 Å². The second-order valence-corrected chi connectivity index (χ2v) is 6.25. The molecule has 26 heavy (non-hydrogen) atoms. The summed E-state index contributed by atoms with van der Waals surface area (Å²) < 4.78 is 1.84. The summed E-state index contributed by atoms with van der Waals surface area (Å²) in [4.78, 5) is 16.9. The lowest BCUT2D eigenvalue weighted by Crippen LogP contribution is -2.12. The van der Waals surface area contributed by atoms with Gasteiger partial charge in [-0.05, 0) is 36.2 Å². The number of hydrogen-bond acceptors (Lipinski definition) is 3. The standard InChI is InChI=1S/C21H18N4O/c1-15-6-5-9-19(10-15)24-21(26)18-11-17-13-23-25(20(17)22-12-18)14-16-7-3-2-4-8-16/h2-13H,14H2,1H3,(H,24,26). The summed E-state index contributed by atoms with van der Waals surface area (Å²) in [5.41, 5.74) is 4.30. The molecule has 1 N–H and O–H groups in total. The van der Waals surface area contributed by atoms with E-state index in [0.29, 0.717) is 12.1 Å². The van der Waals surface area contributed by atoms with E-state index in [2.05, 4.69) is 27.5 Å². The van der Waals surface area contributed by atoms with E-state index in [4.69, 9.17) is 0 Å². The molecule has 4 aromatic rings. The molecule has 128 valence electrons. The van der Waals surface area contributed by atoms with Crippen LogP contribution >= 0.6 is 0 Å². The predicted molar refractivity (Wildman–Crippen MR) is 102 cm³/mol. The Morgan fingerprint density at radius 3 is 2.69 bits per heavy atom. The van der Waals surface area contributed by atoms with E-state index in [-0.39, 0.29) is 5.91 Å². The van der Waals surface area contributed by atoms with Crippen LogP contribution in [0.5, 0.6) is 0 Å². The third-order valence-corrected chi connectivity index (χ3v) is 4.19. The van der Waals surface area contributed by atoms with Crippen LogP contribution in [0.25, 0.3) is 11.0 Å². The summed E-state index contributed by atoms with van der Waals surface area (Å²) in [6.07, 6.45) is 3.34. The molecule has 0 saturated heterocycles. The molecule has 0 atom stereocenters. The van der Waals surface area contributed by atoms with Crippen LogP contribution in [0.3, 0.4) is 0 Å². The van der Waals surface area contributed by atoms with Crippen LogP contribution in [0.2, 0.25) is 0 Å². The summed E-state index contributed by atoms with van der Waals surface area (Å²) in [6.45, 7) is 2.64. The van der Waals surface area contributed by atoms with E-state index in [9.17, 15) is 4.79 Å². The zero-order chi connectivity index (χ0) is 17.9. The Balaban J connectivity index is 1.57. The monoisotopic (exact) mass is 342 g/mol. The maximum Gasteiger partial charge on any atom is 0.257 e. The molecular weight excluding hydrogens is 324 g/mol. The second kappa shape index (κ2) is 6.80. The molecule has 0 saturated carbocycles. The summed E-state index contributed by atoms with van der Waals surface area (Å²) in [6, 6.07) is 19.6. The Labute approximate surface area is 151 Å². The van der Waals surface area contributed by atoms with Gasteiger partial charge in [0.15, 0.2) is 5.65 Å². The van der Waals surface area contributed by atoms with Crippen LogP contribution < -0.4 is 5.32 Å². The first-order valence-electron chi connectivity index (χ1n) is 8.42. The Bertz CT molecular complexity index is 1070. The van der Waals surface area contributed by atoms with Crippen molar-refractivity contribution < 1.29 is 4.79 Å². The van der Waals surface area contributed by atoms with Gasteiger partial charge in [0, 0.05) is 17.3 Å². The lowest BCUT2D eigenvalue weighted by molar-refractivity contribution is 0.102. The molecule has 0 aliphatic heterocycles.